The molecule has 0 saturated heterocycles. The molecular formula is C21H15ClF7N5O3S. The number of aliphatic imine (C=N–C) groups is 1. The lowest BCUT2D eigenvalue weighted by molar-refractivity contribution is -0.376. The molecule has 0 unspecified atom stereocenters. The molecule has 2 aromatic carbocycles. The molecule has 0 saturated carbocycles. The molecule has 204 valence electrons. The number of nitrogens with zero attached hydrogens (tertiary/aromatic N) is 3. The van der Waals surface area contributed by atoms with Crippen LogP contribution in [0.15, 0.2) is 57.1 Å². The summed E-state index contributed by atoms with van der Waals surface area (Å²) in [6.07, 6.45) is -12.1. The number of nitrogens with one attached hydrogen (secondary N) is 1. The van der Waals surface area contributed by atoms with E-state index in [-0.39, 0.29) is 45.1 Å². The number of alkyl halides is 6. The van der Waals surface area contributed by atoms with Crippen LogP contribution in [0.5, 0.6) is 0 Å². The molecule has 3 aromatic rings. The van der Waals surface area contributed by atoms with Crippen molar-refractivity contribution in [3.8, 4) is 0 Å². The molecule has 0 spiro atoms. The number of aliphatic hydroxyl groups is 1. The minimum absolute atomic E-state index is 0.0167. The fraction of sp³-hybridized carbons (Fsp3) is 0.238. The summed E-state index contributed by atoms with van der Waals surface area (Å²) in [5, 5.41) is 19.2. The van der Waals surface area contributed by atoms with E-state index in [2.05, 4.69) is 25.3 Å². The van der Waals surface area contributed by atoms with Crippen LogP contribution in [0.1, 0.15) is 21.6 Å². The molecule has 0 aliphatic heterocycles. The summed E-state index contributed by atoms with van der Waals surface area (Å²) < 4.78 is 95.8. The predicted molar refractivity (Wildman–Crippen MR) is 122 cm³/mol. The van der Waals surface area contributed by atoms with Gasteiger partial charge in [0.15, 0.2) is 16.6 Å². The Morgan fingerprint density at radius 2 is 1.71 bits per heavy atom. The number of hydrogen-bond acceptors (Lipinski definition) is 7. The highest BCUT2D eigenvalue weighted by molar-refractivity contribution is 7.99. The lowest BCUT2D eigenvalue weighted by Gasteiger charge is -2.32. The molecule has 1 amide bonds. The fourth-order valence-electron chi connectivity index (χ4n) is 2.94. The molecule has 4 N–H and O–H groups in total. The molecule has 1 aromatic heterocycles. The second kappa shape index (κ2) is 11.2. The molecule has 1 heterocycles. The monoisotopic (exact) mass is 585 g/mol. The zero-order chi connectivity index (χ0) is 28.3. The summed E-state index contributed by atoms with van der Waals surface area (Å²) in [4.78, 5) is 16.3. The number of benzene rings is 2. The van der Waals surface area contributed by atoms with E-state index >= 15 is 0 Å². The van der Waals surface area contributed by atoms with Crippen molar-refractivity contribution in [2.45, 2.75) is 23.0 Å². The average molecular weight is 586 g/mol. The summed E-state index contributed by atoms with van der Waals surface area (Å²) >= 11 is 6.73. The first-order valence-electron chi connectivity index (χ1n) is 10.1. The lowest BCUT2D eigenvalue weighted by Crippen LogP contribution is -2.53. The van der Waals surface area contributed by atoms with Gasteiger partial charge in [-0.05, 0) is 40.6 Å². The maximum absolute atomic E-state index is 13.3. The zero-order valence-corrected chi connectivity index (χ0v) is 20.1. The maximum atomic E-state index is 13.3. The molecule has 0 fully saturated rings. The van der Waals surface area contributed by atoms with Gasteiger partial charge in [0.2, 0.25) is 0 Å². The van der Waals surface area contributed by atoms with Gasteiger partial charge in [0, 0.05) is 23.4 Å². The van der Waals surface area contributed by atoms with Gasteiger partial charge >= 0.3 is 12.4 Å². The highest BCUT2D eigenvalue weighted by atomic mass is 35.5. The first-order valence-corrected chi connectivity index (χ1v) is 11.5. The minimum Gasteiger partial charge on any atom is -0.382 e. The summed E-state index contributed by atoms with van der Waals surface area (Å²) in [6, 6.07) is 5.83. The second-order valence-electron chi connectivity index (χ2n) is 7.40. The van der Waals surface area contributed by atoms with Gasteiger partial charge in [-0.1, -0.05) is 35.5 Å². The van der Waals surface area contributed by atoms with Gasteiger partial charge in [-0.2, -0.15) is 26.3 Å². The van der Waals surface area contributed by atoms with Crippen molar-refractivity contribution in [3.05, 3.63) is 70.1 Å². The Morgan fingerprint density at radius 3 is 2.29 bits per heavy atom. The normalized spacial score (nSPS) is 13.0. The third-order valence-electron chi connectivity index (χ3n) is 4.87. The number of halogens is 8. The molecule has 0 radical (unpaired) electrons. The van der Waals surface area contributed by atoms with E-state index in [4.69, 9.17) is 17.3 Å². The number of rotatable bonds is 8. The molecular weight excluding hydrogens is 571 g/mol. The third-order valence-corrected chi connectivity index (χ3v) is 6.10. The van der Waals surface area contributed by atoms with Gasteiger partial charge in [-0.25, -0.2) is 14.0 Å². The Hall–Kier alpha value is -3.37. The molecule has 38 heavy (non-hydrogen) atoms. The number of amides is 1. The zero-order valence-electron chi connectivity index (χ0n) is 18.6. The van der Waals surface area contributed by atoms with E-state index in [0.29, 0.717) is 12.1 Å². The third kappa shape index (κ3) is 6.19. The Bertz CT molecular complexity index is 1320. The quantitative estimate of drug-likeness (QED) is 0.115. The van der Waals surface area contributed by atoms with E-state index in [1.54, 1.807) is 0 Å². The van der Waals surface area contributed by atoms with Crippen molar-refractivity contribution < 1.29 is 45.3 Å². The summed E-state index contributed by atoms with van der Waals surface area (Å²) in [7, 11) is 0. The van der Waals surface area contributed by atoms with Gasteiger partial charge in [0.05, 0.1) is 10.7 Å². The van der Waals surface area contributed by atoms with Crippen molar-refractivity contribution >= 4 is 40.8 Å². The van der Waals surface area contributed by atoms with Crippen LogP contribution in [0.25, 0.3) is 0 Å². The number of carbonyl (C=O) groups excluding carboxylic acids is 1. The van der Waals surface area contributed by atoms with Crippen molar-refractivity contribution in [3.63, 3.8) is 0 Å². The first kappa shape index (κ1) is 29.2. The van der Waals surface area contributed by atoms with Crippen LogP contribution in [-0.4, -0.2) is 51.8 Å². The Labute approximate surface area is 218 Å². The number of aromatic nitrogens is 2. The Balaban J connectivity index is 1.60. The van der Waals surface area contributed by atoms with Crippen molar-refractivity contribution in [1.82, 2.24) is 15.6 Å². The molecule has 17 heteroatoms. The highest BCUT2D eigenvalue weighted by Crippen LogP contribution is 2.49. The maximum Gasteiger partial charge on any atom is 0.430 e. The highest BCUT2D eigenvalue weighted by Gasteiger charge is 2.71. The van der Waals surface area contributed by atoms with E-state index in [1.807, 2.05) is 0 Å². The minimum atomic E-state index is -6.04. The van der Waals surface area contributed by atoms with E-state index in [9.17, 15) is 40.6 Å². The van der Waals surface area contributed by atoms with Crippen LogP contribution in [-0.2, 0) is 5.60 Å². The molecule has 8 nitrogen and oxygen atoms in total. The second-order valence-corrected chi connectivity index (χ2v) is 8.89. The number of carbonyl (C=O) groups is 1. The van der Waals surface area contributed by atoms with Gasteiger partial charge in [0.1, 0.15) is 5.82 Å². The van der Waals surface area contributed by atoms with Crippen LogP contribution < -0.4 is 11.1 Å². The van der Waals surface area contributed by atoms with Gasteiger partial charge in [-0.15, -0.1) is 0 Å². The van der Waals surface area contributed by atoms with Crippen molar-refractivity contribution in [2.24, 2.45) is 10.7 Å². The standard InChI is InChI=1S/C21H15ClF7N5O3S/c22-13-9-12(5-6-14(13)23)32-16(30)15-18(34-37-33-15)38-8-7-31-17(35)10-1-3-11(4-2-10)19(36,20(24,25)26)21(27,28)29/h1-6,9,36H,7-8H2,(H2,30,32)(H,31,35). The van der Waals surface area contributed by atoms with Gasteiger partial charge < -0.3 is 16.2 Å². The topological polar surface area (TPSA) is 127 Å². The summed E-state index contributed by atoms with van der Waals surface area (Å²) in [6.45, 7) is -0.0167. The molecule has 3 rings (SSSR count). The number of hydrogen-bond donors (Lipinski definition) is 3. The van der Waals surface area contributed by atoms with Crippen LogP contribution in [0.4, 0.5) is 36.4 Å². The van der Waals surface area contributed by atoms with E-state index < -0.39 is 35.2 Å². The van der Waals surface area contributed by atoms with E-state index in [1.165, 1.54) is 12.1 Å². The van der Waals surface area contributed by atoms with Gasteiger partial charge in [-0.3, -0.25) is 4.79 Å². The average Bonchev–Trinajstić information content (AvgIpc) is 3.31. The number of amidine groups is 1. The van der Waals surface area contributed by atoms with E-state index in [0.717, 1.165) is 30.0 Å². The van der Waals surface area contributed by atoms with Crippen LogP contribution >= 0.6 is 23.4 Å². The lowest BCUT2D eigenvalue weighted by atomic mass is 9.91. The summed E-state index contributed by atoms with van der Waals surface area (Å²) in [5.41, 5.74) is -0.648. The van der Waals surface area contributed by atoms with Crippen LogP contribution in [0, 0.1) is 5.82 Å². The Kier molecular flexibility index (Phi) is 8.58. The van der Waals surface area contributed by atoms with Crippen LogP contribution in [0.3, 0.4) is 0 Å². The molecule has 0 aliphatic carbocycles. The fourth-order valence-corrected chi connectivity index (χ4v) is 3.88. The van der Waals surface area contributed by atoms with Gasteiger partial charge in [0.25, 0.3) is 11.5 Å². The summed E-state index contributed by atoms with van der Waals surface area (Å²) in [5.74, 6) is -1.40. The first-order chi connectivity index (χ1) is 17.6. The number of nitrogens with two attached hydrogens (primary N) is 1. The van der Waals surface area contributed by atoms with Crippen LogP contribution in [0.2, 0.25) is 5.02 Å². The predicted octanol–water partition coefficient (Wildman–Crippen LogP) is 4.73. The van der Waals surface area contributed by atoms with Crippen molar-refractivity contribution in [2.75, 3.05) is 12.3 Å². The van der Waals surface area contributed by atoms with Crippen molar-refractivity contribution in [1.29, 1.82) is 0 Å². The molecule has 0 bridgehead atoms. The number of thioether (sulfide) groups is 1. The SMILES string of the molecule is NC(=Nc1ccc(F)c(Cl)c1)c1nonc1SCCNC(=O)c1ccc(C(O)(C(F)(F)F)C(F)(F)F)cc1. The molecule has 0 aliphatic rings. The molecule has 0 atom stereocenters. The largest absolute Gasteiger partial charge is 0.430 e. The Morgan fingerprint density at radius 1 is 1.08 bits per heavy atom. The smallest absolute Gasteiger partial charge is 0.382 e.